The van der Waals surface area contributed by atoms with E-state index in [1.807, 2.05) is 11.9 Å². The number of nitrogens with zero attached hydrogens (tertiary/aromatic N) is 1. The third-order valence-electron chi connectivity index (χ3n) is 1.42. The molecule has 0 aromatic heterocycles. The lowest BCUT2D eigenvalue weighted by Crippen LogP contribution is -2.29. The molecule has 0 fully saturated rings. The monoisotopic (exact) mass is 161 g/mol. The molecule has 0 rings (SSSR count). The molecule has 0 amide bonds. The number of rotatable bonds is 7. The van der Waals surface area contributed by atoms with E-state index in [0.29, 0.717) is 13.2 Å². The van der Waals surface area contributed by atoms with Gasteiger partial charge in [-0.15, -0.1) is 0 Å². The molecule has 0 atom stereocenters. The summed E-state index contributed by atoms with van der Waals surface area (Å²) in [5.41, 5.74) is 10.6. The van der Waals surface area contributed by atoms with Crippen LogP contribution < -0.4 is 11.5 Å². The van der Waals surface area contributed by atoms with Gasteiger partial charge >= 0.3 is 0 Å². The average Bonchev–Trinajstić information content (AvgIpc) is 2.04. The van der Waals surface area contributed by atoms with E-state index in [9.17, 15) is 0 Å². The largest absolute Gasteiger partial charge is 0.380 e. The highest BCUT2D eigenvalue weighted by molar-refractivity contribution is 4.44. The molecule has 0 unspecified atom stereocenters. The molecule has 0 bridgehead atoms. The summed E-state index contributed by atoms with van der Waals surface area (Å²) >= 11 is 0. The van der Waals surface area contributed by atoms with Gasteiger partial charge in [-0.25, -0.2) is 0 Å². The Labute approximate surface area is 68.5 Å². The molecule has 0 aliphatic rings. The lowest BCUT2D eigenvalue weighted by Gasteiger charge is -2.12. The molecule has 4 heteroatoms. The molecular formula is C7H19N3O. The standard InChI is InChI=1S/C7H19N3O/c1-10(7-9)4-6-11-5-2-3-8/h2-9H2,1H3. The summed E-state index contributed by atoms with van der Waals surface area (Å²) in [6.07, 6.45) is 0.937. The first-order chi connectivity index (χ1) is 5.31. The number of ether oxygens (including phenoxy) is 1. The molecule has 0 spiro atoms. The van der Waals surface area contributed by atoms with Crippen LogP contribution in [0.2, 0.25) is 0 Å². The second kappa shape index (κ2) is 7.94. The highest BCUT2D eigenvalue weighted by Crippen LogP contribution is 1.82. The van der Waals surface area contributed by atoms with Gasteiger partial charge in [0.2, 0.25) is 0 Å². The van der Waals surface area contributed by atoms with Gasteiger partial charge in [0.05, 0.1) is 6.61 Å². The second-order valence-electron chi connectivity index (χ2n) is 2.52. The Bertz CT molecular complexity index is 80.1. The lowest BCUT2D eigenvalue weighted by molar-refractivity contribution is 0.111. The quantitative estimate of drug-likeness (QED) is 0.379. The van der Waals surface area contributed by atoms with Crippen molar-refractivity contribution in [2.75, 3.05) is 40.0 Å². The highest BCUT2D eigenvalue weighted by Gasteiger charge is 1.92. The van der Waals surface area contributed by atoms with E-state index >= 15 is 0 Å². The van der Waals surface area contributed by atoms with E-state index in [1.54, 1.807) is 0 Å². The summed E-state index contributed by atoms with van der Waals surface area (Å²) in [5, 5.41) is 0. The van der Waals surface area contributed by atoms with E-state index in [0.717, 1.165) is 26.2 Å². The average molecular weight is 161 g/mol. The van der Waals surface area contributed by atoms with Crippen molar-refractivity contribution in [3.63, 3.8) is 0 Å². The fourth-order valence-corrected chi connectivity index (χ4v) is 0.599. The smallest absolute Gasteiger partial charge is 0.0593 e. The Kier molecular flexibility index (Phi) is 7.83. The van der Waals surface area contributed by atoms with Gasteiger partial charge in [0.1, 0.15) is 0 Å². The molecule has 4 N–H and O–H groups in total. The summed E-state index contributed by atoms with van der Waals surface area (Å²) in [6.45, 7) is 3.68. The summed E-state index contributed by atoms with van der Waals surface area (Å²) in [7, 11) is 1.96. The van der Waals surface area contributed by atoms with Crippen molar-refractivity contribution in [3.05, 3.63) is 0 Å². The van der Waals surface area contributed by atoms with Crippen molar-refractivity contribution in [2.45, 2.75) is 6.42 Å². The second-order valence-corrected chi connectivity index (χ2v) is 2.52. The van der Waals surface area contributed by atoms with E-state index in [4.69, 9.17) is 16.2 Å². The van der Waals surface area contributed by atoms with Gasteiger partial charge in [-0.1, -0.05) is 0 Å². The first-order valence-corrected chi connectivity index (χ1v) is 3.97. The van der Waals surface area contributed by atoms with Crippen LogP contribution in [0.25, 0.3) is 0 Å². The Morgan fingerprint density at radius 2 is 2.00 bits per heavy atom. The summed E-state index contributed by atoms with van der Waals surface area (Å²) in [5.74, 6) is 0. The SMILES string of the molecule is CN(CN)CCOCCCN. The van der Waals surface area contributed by atoms with Gasteiger partial charge in [0, 0.05) is 19.8 Å². The maximum Gasteiger partial charge on any atom is 0.0593 e. The minimum absolute atomic E-state index is 0.584. The minimum atomic E-state index is 0.584. The molecule has 4 nitrogen and oxygen atoms in total. The number of nitrogens with two attached hydrogens (primary N) is 2. The fraction of sp³-hybridized carbons (Fsp3) is 1.00. The van der Waals surface area contributed by atoms with E-state index in [-0.39, 0.29) is 0 Å². The van der Waals surface area contributed by atoms with Gasteiger partial charge in [-0.2, -0.15) is 0 Å². The Morgan fingerprint density at radius 1 is 1.27 bits per heavy atom. The third-order valence-corrected chi connectivity index (χ3v) is 1.42. The van der Waals surface area contributed by atoms with Crippen LogP contribution in [0.3, 0.4) is 0 Å². The zero-order chi connectivity index (χ0) is 8.53. The van der Waals surface area contributed by atoms with Gasteiger partial charge in [-0.3, -0.25) is 4.90 Å². The first-order valence-electron chi connectivity index (χ1n) is 3.97. The van der Waals surface area contributed by atoms with Crippen molar-refractivity contribution in [1.29, 1.82) is 0 Å². The molecule has 0 saturated carbocycles. The normalized spacial score (nSPS) is 10.9. The summed E-state index contributed by atoms with van der Waals surface area (Å²) < 4.78 is 5.27. The Balaban J connectivity index is 2.89. The van der Waals surface area contributed by atoms with Crippen molar-refractivity contribution >= 4 is 0 Å². The van der Waals surface area contributed by atoms with Crippen LogP contribution in [0.5, 0.6) is 0 Å². The highest BCUT2D eigenvalue weighted by atomic mass is 16.5. The van der Waals surface area contributed by atoms with Crippen LogP contribution in [-0.4, -0.2) is 44.9 Å². The zero-order valence-electron chi connectivity index (χ0n) is 7.25. The van der Waals surface area contributed by atoms with Crippen molar-refractivity contribution < 1.29 is 4.74 Å². The lowest BCUT2D eigenvalue weighted by atomic mass is 10.5. The Hall–Kier alpha value is -0.160. The van der Waals surface area contributed by atoms with Gasteiger partial charge in [-0.05, 0) is 20.0 Å². The summed E-state index contributed by atoms with van der Waals surface area (Å²) in [4.78, 5) is 2.00. The number of likely N-dealkylation sites (N-methyl/N-ethyl adjacent to an activating group) is 1. The molecule has 0 aliphatic heterocycles. The molecular weight excluding hydrogens is 142 g/mol. The predicted octanol–water partition coefficient (Wildman–Crippen LogP) is -0.800. The molecule has 0 radical (unpaired) electrons. The molecule has 0 heterocycles. The predicted molar refractivity (Wildman–Crippen MR) is 46.2 cm³/mol. The van der Waals surface area contributed by atoms with Gasteiger partial charge in [0.25, 0.3) is 0 Å². The zero-order valence-corrected chi connectivity index (χ0v) is 7.25. The molecule has 68 valence electrons. The molecule has 11 heavy (non-hydrogen) atoms. The third kappa shape index (κ3) is 7.74. The first kappa shape index (κ1) is 10.8. The van der Waals surface area contributed by atoms with E-state index < -0.39 is 0 Å². The molecule has 0 aromatic carbocycles. The van der Waals surface area contributed by atoms with Gasteiger partial charge in [0.15, 0.2) is 0 Å². The van der Waals surface area contributed by atoms with Crippen LogP contribution in [0.1, 0.15) is 6.42 Å². The molecule has 0 aromatic rings. The van der Waals surface area contributed by atoms with E-state index in [1.165, 1.54) is 0 Å². The van der Waals surface area contributed by atoms with Gasteiger partial charge < -0.3 is 16.2 Å². The molecule has 0 aliphatic carbocycles. The van der Waals surface area contributed by atoms with Crippen LogP contribution in [0.15, 0.2) is 0 Å². The van der Waals surface area contributed by atoms with Crippen LogP contribution in [-0.2, 0) is 4.74 Å². The topological polar surface area (TPSA) is 64.5 Å². The van der Waals surface area contributed by atoms with Crippen molar-refractivity contribution in [2.24, 2.45) is 11.5 Å². The maximum absolute atomic E-state index is 5.36. The Morgan fingerprint density at radius 3 is 2.55 bits per heavy atom. The molecule has 0 saturated heterocycles. The van der Waals surface area contributed by atoms with Crippen molar-refractivity contribution in [3.8, 4) is 0 Å². The van der Waals surface area contributed by atoms with Crippen LogP contribution in [0, 0.1) is 0 Å². The van der Waals surface area contributed by atoms with E-state index in [2.05, 4.69) is 0 Å². The van der Waals surface area contributed by atoms with Crippen LogP contribution >= 0.6 is 0 Å². The maximum atomic E-state index is 5.36. The summed E-state index contributed by atoms with van der Waals surface area (Å²) in [6, 6.07) is 0. The van der Waals surface area contributed by atoms with Crippen molar-refractivity contribution in [1.82, 2.24) is 4.90 Å². The minimum Gasteiger partial charge on any atom is -0.380 e. The number of hydrogen-bond acceptors (Lipinski definition) is 4. The van der Waals surface area contributed by atoms with Crippen LogP contribution in [0.4, 0.5) is 0 Å². The number of hydrogen-bond donors (Lipinski definition) is 2. The fourth-order valence-electron chi connectivity index (χ4n) is 0.599.